The molecule has 0 unspecified atom stereocenters. The average molecular weight is 149 g/mol. The van der Waals surface area contributed by atoms with E-state index in [0.717, 1.165) is 12.6 Å². The third kappa shape index (κ3) is 2.31. The van der Waals surface area contributed by atoms with Crippen molar-refractivity contribution in [3.63, 3.8) is 0 Å². The van der Waals surface area contributed by atoms with Gasteiger partial charge in [-0.25, -0.2) is 4.57 Å². The maximum atomic E-state index is 3.44. The molecule has 3 radical (unpaired) electrons. The van der Waals surface area contributed by atoms with E-state index in [-0.39, 0.29) is 0 Å². The first-order valence-corrected chi connectivity index (χ1v) is 4.23. The number of nitrogens with zero attached hydrogens (tertiary/aromatic N) is 1. The highest BCUT2D eigenvalue weighted by atomic mass is 28.1. The minimum Gasteiger partial charge on any atom is -0.205 e. The zero-order valence-corrected chi connectivity index (χ0v) is 6.96. The third-order valence-corrected chi connectivity index (χ3v) is 1.72. The van der Waals surface area contributed by atoms with Crippen LogP contribution in [0.3, 0.4) is 0 Å². The van der Waals surface area contributed by atoms with Gasteiger partial charge in [0, 0.05) is 28.8 Å². The fourth-order valence-electron chi connectivity index (χ4n) is 0.845. The Kier molecular flexibility index (Phi) is 3.16. The maximum absolute atomic E-state index is 3.44. The molecule has 0 spiro atoms. The maximum Gasteiger partial charge on any atom is 0.168 e. The van der Waals surface area contributed by atoms with Gasteiger partial charge < -0.3 is 0 Å². The normalized spacial score (nSPS) is 9.70. The van der Waals surface area contributed by atoms with E-state index in [2.05, 4.69) is 27.2 Å². The number of hydrogen-bond acceptors (Lipinski definition) is 0. The lowest BCUT2D eigenvalue weighted by atomic mass is 10.4. The molecule has 0 aliphatic rings. The molecular formula is C8H11NSi+. The van der Waals surface area contributed by atoms with Gasteiger partial charge >= 0.3 is 0 Å². The molecule has 0 fully saturated rings. The van der Waals surface area contributed by atoms with Gasteiger partial charge in [-0.3, -0.25) is 0 Å². The van der Waals surface area contributed by atoms with Crippen molar-refractivity contribution in [2.45, 2.75) is 19.0 Å². The molecule has 51 valence electrons. The van der Waals surface area contributed by atoms with Gasteiger partial charge in [0.2, 0.25) is 0 Å². The van der Waals surface area contributed by atoms with Crippen LogP contribution in [0.1, 0.15) is 6.42 Å². The van der Waals surface area contributed by atoms with Gasteiger partial charge in [0.15, 0.2) is 12.4 Å². The molecule has 0 aliphatic heterocycles. The van der Waals surface area contributed by atoms with Crippen LogP contribution in [0.4, 0.5) is 0 Å². The Balaban J connectivity index is 2.43. The van der Waals surface area contributed by atoms with Gasteiger partial charge in [-0.1, -0.05) is 12.1 Å². The predicted molar refractivity (Wildman–Crippen MR) is 41.8 cm³/mol. The van der Waals surface area contributed by atoms with Crippen molar-refractivity contribution in [1.82, 2.24) is 0 Å². The Morgan fingerprint density at radius 3 is 2.40 bits per heavy atom. The smallest absolute Gasteiger partial charge is 0.168 e. The highest BCUT2D eigenvalue weighted by Gasteiger charge is 1.93. The lowest BCUT2D eigenvalue weighted by Crippen LogP contribution is -2.31. The van der Waals surface area contributed by atoms with Gasteiger partial charge in [0.25, 0.3) is 0 Å². The molecule has 0 saturated carbocycles. The molecule has 0 amide bonds. The van der Waals surface area contributed by atoms with Crippen molar-refractivity contribution in [2.75, 3.05) is 0 Å². The molecule has 0 saturated heterocycles. The number of aromatic nitrogens is 1. The molecule has 10 heavy (non-hydrogen) atoms. The zero-order valence-electron chi connectivity index (χ0n) is 5.96. The molecule has 1 aromatic rings. The first-order chi connectivity index (χ1) is 4.93. The Hall–Kier alpha value is -0.633. The molecule has 0 bridgehead atoms. The predicted octanol–water partition coefficient (Wildman–Crippen LogP) is 0.951. The highest BCUT2D eigenvalue weighted by Crippen LogP contribution is 1.84. The molecule has 2 heteroatoms. The minimum absolute atomic E-state index is 1.07. The van der Waals surface area contributed by atoms with Crippen molar-refractivity contribution in [1.29, 1.82) is 0 Å². The summed E-state index contributed by atoms with van der Waals surface area (Å²) in [5, 5.41) is 0. The van der Waals surface area contributed by atoms with Gasteiger partial charge in [-0.2, -0.15) is 0 Å². The number of rotatable bonds is 3. The van der Waals surface area contributed by atoms with Crippen LogP contribution in [-0.4, -0.2) is 10.2 Å². The second kappa shape index (κ2) is 4.23. The van der Waals surface area contributed by atoms with E-state index in [0.29, 0.717) is 0 Å². The van der Waals surface area contributed by atoms with Gasteiger partial charge in [-0.05, 0) is 0 Å². The molecule has 1 rings (SSSR count). The van der Waals surface area contributed by atoms with Crippen LogP contribution in [0.5, 0.6) is 0 Å². The highest BCUT2D eigenvalue weighted by molar-refractivity contribution is 6.08. The first kappa shape index (κ1) is 7.47. The molecule has 0 atom stereocenters. The van der Waals surface area contributed by atoms with E-state index in [1.807, 2.05) is 18.2 Å². The topological polar surface area (TPSA) is 3.88 Å². The largest absolute Gasteiger partial charge is 0.205 e. The number of hydrogen-bond donors (Lipinski definition) is 0. The van der Waals surface area contributed by atoms with E-state index in [1.165, 1.54) is 6.42 Å². The van der Waals surface area contributed by atoms with Crippen LogP contribution in [-0.2, 0) is 6.54 Å². The van der Waals surface area contributed by atoms with E-state index >= 15 is 0 Å². The summed E-state index contributed by atoms with van der Waals surface area (Å²) in [5.41, 5.74) is 0. The van der Waals surface area contributed by atoms with Gasteiger partial charge in [0.1, 0.15) is 6.54 Å². The fourth-order valence-corrected chi connectivity index (χ4v) is 1.00. The Morgan fingerprint density at radius 1 is 1.10 bits per heavy atom. The quantitative estimate of drug-likeness (QED) is 0.445. The van der Waals surface area contributed by atoms with Gasteiger partial charge in [-0.15, -0.1) is 0 Å². The van der Waals surface area contributed by atoms with Crippen molar-refractivity contribution in [3.8, 4) is 0 Å². The second-order valence-electron chi connectivity index (χ2n) is 2.22. The summed E-state index contributed by atoms with van der Waals surface area (Å²) in [5.74, 6) is 0. The average Bonchev–Trinajstić information content (AvgIpc) is 2.03. The third-order valence-electron chi connectivity index (χ3n) is 1.37. The Morgan fingerprint density at radius 2 is 1.80 bits per heavy atom. The molecule has 1 heterocycles. The van der Waals surface area contributed by atoms with E-state index in [9.17, 15) is 0 Å². The standard InChI is InChI=1S/C8H11NSi/c10-8-4-7-9-5-2-1-3-6-9/h1-3,5-6H,4,7-8H2/q+1. The fraction of sp³-hybridized carbons (Fsp3) is 0.375. The summed E-state index contributed by atoms with van der Waals surface area (Å²) < 4.78 is 2.18. The van der Waals surface area contributed by atoms with E-state index in [4.69, 9.17) is 0 Å². The van der Waals surface area contributed by atoms with Crippen LogP contribution in [0.15, 0.2) is 30.6 Å². The first-order valence-electron chi connectivity index (χ1n) is 3.52. The Bertz CT molecular complexity index is 174. The summed E-state index contributed by atoms with van der Waals surface area (Å²) in [6.45, 7) is 1.10. The van der Waals surface area contributed by atoms with Crippen LogP contribution < -0.4 is 4.57 Å². The second-order valence-corrected chi connectivity index (χ2v) is 2.72. The van der Waals surface area contributed by atoms with Crippen LogP contribution >= 0.6 is 0 Å². The summed E-state index contributed by atoms with van der Waals surface area (Å²) in [6, 6.07) is 7.20. The summed E-state index contributed by atoms with van der Waals surface area (Å²) in [4.78, 5) is 0. The molecular weight excluding hydrogens is 138 g/mol. The Labute approximate surface area is 65.1 Å². The summed E-state index contributed by atoms with van der Waals surface area (Å²) in [7, 11) is 3.44. The molecule has 0 aromatic carbocycles. The van der Waals surface area contributed by atoms with Crippen molar-refractivity contribution in [3.05, 3.63) is 30.6 Å². The van der Waals surface area contributed by atoms with Crippen molar-refractivity contribution in [2.24, 2.45) is 0 Å². The summed E-state index contributed by atoms with van der Waals surface area (Å²) >= 11 is 0. The van der Waals surface area contributed by atoms with Crippen LogP contribution in [0.25, 0.3) is 0 Å². The SMILES string of the molecule is [Si]CCC[n+]1ccccc1. The van der Waals surface area contributed by atoms with Crippen LogP contribution in [0, 0.1) is 0 Å². The molecule has 1 nitrogen and oxygen atoms in total. The molecule has 1 aromatic heterocycles. The lowest BCUT2D eigenvalue weighted by Gasteiger charge is -1.91. The van der Waals surface area contributed by atoms with Crippen LogP contribution in [0.2, 0.25) is 6.04 Å². The number of pyridine rings is 1. The lowest BCUT2D eigenvalue weighted by molar-refractivity contribution is -0.696. The zero-order chi connectivity index (χ0) is 7.23. The van der Waals surface area contributed by atoms with E-state index < -0.39 is 0 Å². The molecule has 0 aliphatic carbocycles. The van der Waals surface area contributed by atoms with Gasteiger partial charge in [0.05, 0.1) is 0 Å². The molecule has 0 N–H and O–H groups in total. The minimum atomic E-state index is 1.07. The van der Waals surface area contributed by atoms with Crippen molar-refractivity contribution >= 4 is 10.2 Å². The van der Waals surface area contributed by atoms with Crippen molar-refractivity contribution < 1.29 is 4.57 Å². The van der Waals surface area contributed by atoms with E-state index in [1.54, 1.807) is 0 Å². The summed E-state index contributed by atoms with van der Waals surface area (Å²) in [6.07, 6.45) is 5.36. The number of aryl methyl sites for hydroxylation is 1. The monoisotopic (exact) mass is 149 g/mol.